The summed E-state index contributed by atoms with van der Waals surface area (Å²) in [6.45, 7) is 2.76. The second-order valence-corrected chi connectivity index (χ2v) is 4.67. The lowest BCUT2D eigenvalue weighted by Gasteiger charge is -2.21. The lowest BCUT2D eigenvalue weighted by Crippen LogP contribution is -2.24. The Balaban J connectivity index is 2.44. The largest absolute Gasteiger partial charge is 0.496 e. The summed E-state index contributed by atoms with van der Waals surface area (Å²) in [6.07, 6.45) is 2.07. The fourth-order valence-electron chi connectivity index (χ4n) is 2.15. The second kappa shape index (κ2) is 7.13. The van der Waals surface area contributed by atoms with Crippen LogP contribution in [0.5, 0.6) is 5.75 Å². The van der Waals surface area contributed by atoms with Crippen molar-refractivity contribution in [2.24, 2.45) is 0 Å². The zero-order valence-corrected chi connectivity index (χ0v) is 12.1. The minimum atomic E-state index is -0.404. The zero-order chi connectivity index (χ0) is 15.2. The number of methoxy groups -OCH3 is 1. The van der Waals surface area contributed by atoms with Gasteiger partial charge in [0.25, 0.3) is 0 Å². The summed E-state index contributed by atoms with van der Waals surface area (Å²) < 4.78 is 31.9. The van der Waals surface area contributed by atoms with E-state index in [9.17, 15) is 8.78 Å². The molecule has 0 bridgehead atoms. The van der Waals surface area contributed by atoms with Crippen LogP contribution in [0.3, 0.4) is 0 Å². The number of nitrogens with zero attached hydrogens (tertiary/aromatic N) is 1. The summed E-state index contributed by atoms with van der Waals surface area (Å²) in [5.74, 6) is -0.188. The van der Waals surface area contributed by atoms with E-state index in [0.717, 1.165) is 19.2 Å². The Kier molecular flexibility index (Phi) is 5.22. The van der Waals surface area contributed by atoms with E-state index in [1.165, 1.54) is 25.3 Å². The number of halogens is 2. The molecule has 1 atom stereocenters. The van der Waals surface area contributed by atoms with Crippen LogP contribution in [-0.2, 0) is 0 Å². The van der Waals surface area contributed by atoms with Crippen LogP contribution in [0.15, 0.2) is 36.5 Å². The molecular weight excluding hydrogens is 274 g/mol. The predicted octanol–water partition coefficient (Wildman–Crippen LogP) is 3.46. The summed E-state index contributed by atoms with van der Waals surface area (Å²) in [5.41, 5.74) is 1.26. The Labute approximate surface area is 123 Å². The van der Waals surface area contributed by atoms with Crippen molar-refractivity contribution in [1.82, 2.24) is 10.3 Å². The van der Waals surface area contributed by atoms with Crippen LogP contribution in [-0.4, -0.2) is 18.6 Å². The van der Waals surface area contributed by atoms with Crippen molar-refractivity contribution in [3.8, 4) is 5.75 Å². The molecule has 3 nitrogen and oxygen atoms in total. The van der Waals surface area contributed by atoms with Crippen molar-refractivity contribution in [1.29, 1.82) is 0 Å². The van der Waals surface area contributed by atoms with Crippen LogP contribution in [0.1, 0.15) is 30.6 Å². The fourth-order valence-corrected chi connectivity index (χ4v) is 2.15. The third kappa shape index (κ3) is 3.76. The van der Waals surface area contributed by atoms with Crippen LogP contribution in [0.2, 0.25) is 0 Å². The Morgan fingerprint density at radius 2 is 1.95 bits per heavy atom. The van der Waals surface area contributed by atoms with Gasteiger partial charge in [-0.2, -0.15) is 0 Å². The molecule has 1 aromatic carbocycles. The van der Waals surface area contributed by atoms with E-state index in [2.05, 4.69) is 10.3 Å². The monoisotopic (exact) mass is 292 g/mol. The first-order valence-electron chi connectivity index (χ1n) is 6.84. The van der Waals surface area contributed by atoms with Crippen LogP contribution >= 0.6 is 0 Å². The van der Waals surface area contributed by atoms with Crippen molar-refractivity contribution < 1.29 is 13.5 Å². The highest BCUT2D eigenvalue weighted by atomic mass is 19.1. The third-order valence-corrected chi connectivity index (χ3v) is 3.15. The summed E-state index contributed by atoms with van der Waals surface area (Å²) in [5, 5.41) is 3.29. The van der Waals surface area contributed by atoms with E-state index in [-0.39, 0.29) is 11.9 Å². The number of hydrogen-bond acceptors (Lipinski definition) is 3. The van der Waals surface area contributed by atoms with Crippen LogP contribution < -0.4 is 10.1 Å². The average Bonchev–Trinajstić information content (AvgIpc) is 2.49. The van der Waals surface area contributed by atoms with Gasteiger partial charge in [0.2, 0.25) is 0 Å². The molecule has 0 aliphatic rings. The molecule has 0 amide bonds. The Morgan fingerprint density at radius 3 is 2.57 bits per heavy atom. The van der Waals surface area contributed by atoms with Crippen LogP contribution in [0, 0.1) is 11.6 Å². The van der Waals surface area contributed by atoms with Gasteiger partial charge in [-0.15, -0.1) is 0 Å². The molecule has 1 N–H and O–H groups in total. The summed E-state index contributed by atoms with van der Waals surface area (Å²) in [6, 6.07) is 6.92. The topological polar surface area (TPSA) is 34.2 Å². The van der Waals surface area contributed by atoms with Crippen molar-refractivity contribution >= 4 is 0 Å². The minimum absolute atomic E-state index is 0.351. The van der Waals surface area contributed by atoms with Gasteiger partial charge in [-0.05, 0) is 43.3 Å². The molecule has 1 unspecified atom stereocenters. The Morgan fingerprint density at radius 1 is 1.19 bits per heavy atom. The first-order chi connectivity index (χ1) is 10.2. The molecule has 0 aliphatic carbocycles. The number of rotatable bonds is 6. The average molecular weight is 292 g/mol. The standard InChI is InChI=1S/C16H18F2N2O/c1-3-8-19-16(14-6-4-12(18)10-20-14)13-9-11(17)5-7-15(13)21-2/h4-7,9-10,16,19H,3,8H2,1-2H3. The highest BCUT2D eigenvalue weighted by Gasteiger charge is 2.19. The van der Waals surface area contributed by atoms with Crippen LogP contribution in [0.4, 0.5) is 8.78 Å². The molecule has 0 aliphatic heterocycles. The number of pyridine rings is 1. The van der Waals surface area contributed by atoms with Gasteiger partial charge in [-0.3, -0.25) is 4.98 Å². The van der Waals surface area contributed by atoms with Crippen molar-refractivity contribution in [3.63, 3.8) is 0 Å². The maximum absolute atomic E-state index is 13.6. The van der Waals surface area contributed by atoms with Gasteiger partial charge < -0.3 is 10.1 Å². The maximum Gasteiger partial charge on any atom is 0.141 e. The molecular formula is C16H18F2N2O. The first kappa shape index (κ1) is 15.4. The highest BCUT2D eigenvalue weighted by Crippen LogP contribution is 2.30. The quantitative estimate of drug-likeness (QED) is 0.885. The lowest BCUT2D eigenvalue weighted by molar-refractivity contribution is 0.401. The summed E-state index contributed by atoms with van der Waals surface area (Å²) >= 11 is 0. The van der Waals surface area contributed by atoms with Gasteiger partial charge in [-0.25, -0.2) is 8.78 Å². The van der Waals surface area contributed by atoms with E-state index in [1.54, 1.807) is 12.1 Å². The minimum Gasteiger partial charge on any atom is -0.496 e. The van der Waals surface area contributed by atoms with E-state index in [1.807, 2.05) is 6.92 Å². The number of aromatic nitrogens is 1. The lowest BCUT2D eigenvalue weighted by atomic mass is 10.0. The molecule has 1 heterocycles. The summed E-state index contributed by atoms with van der Waals surface area (Å²) in [4.78, 5) is 4.10. The number of hydrogen-bond donors (Lipinski definition) is 1. The van der Waals surface area contributed by atoms with Gasteiger partial charge in [-0.1, -0.05) is 6.92 Å². The third-order valence-electron chi connectivity index (χ3n) is 3.15. The predicted molar refractivity (Wildman–Crippen MR) is 77.3 cm³/mol. The summed E-state index contributed by atoms with van der Waals surface area (Å²) in [7, 11) is 1.53. The zero-order valence-electron chi connectivity index (χ0n) is 12.1. The maximum atomic E-state index is 13.6. The first-order valence-corrected chi connectivity index (χ1v) is 6.84. The van der Waals surface area contributed by atoms with E-state index >= 15 is 0 Å². The van der Waals surface area contributed by atoms with Crippen LogP contribution in [0.25, 0.3) is 0 Å². The number of benzene rings is 1. The molecule has 1 aromatic heterocycles. The van der Waals surface area contributed by atoms with Gasteiger partial charge in [0.1, 0.15) is 17.4 Å². The van der Waals surface area contributed by atoms with Crippen molar-refractivity contribution in [3.05, 3.63) is 59.4 Å². The van der Waals surface area contributed by atoms with Gasteiger partial charge >= 0.3 is 0 Å². The molecule has 0 radical (unpaired) electrons. The number of ether oxygens (including phenoxy) is 1. The van der Waals surface area contributed by atoms with E-state index in [4.69, 9.17) is 4.74 Å². The number of nitrogens with one attached hydrogen (secondary N) is 1. The Bertz CT molecular complexity index is 587. The van der Waals surface area contributed by atoms with Crippen molar-refractivity contribution in [2.45, 2.75) is 19.4 Å². The molecule has 2 aromatic rings. The van der Waals surface area contributed by atoms with Gasteiger partial charge in [0.05, 0.1) is 25.0 Å². The fraction of sp³-hybridized carbons (Fsp3) is 0.312. The van der Waals surface area contributed by atoms with E-state index in [0.29, 0.717) is 17.0 Å². The highest BCUT2D eigenvalue weighted by molar-refractivity contribution is 5.40. The normalized spacial score (nSPS) is 12.2. The van der Waals surface area contributed by atoms with Gasteiger partial charge in [0.15, 0.2) is 0 Å². The second-order valence-electron chi connectivity index (χ2n) is 4.67. The van der Waals surface area contributed by atoms with Gasteiger partial charge in [0, 0.05) is 5.56 Å². The molecule has 5 heteroatoms. The molecule has 0 saturated carbocycles. The molecule has 112 valence electrons. The molecule has 0 saturated heterocycles. The molecule has 0 spiro atoms. The molecule has 21 heavy (non-hydrogen) atoms. The Hall–Kier alpha value is -2.01. The SMILES string of the molecule is CCCNC(c1ccc(F)cn1)c1cc(F)ccc1OC. The molecule has 2 rings (SSSR count). The molecule has 0 fully saturated rings. The smallest absolute Gasteiger partial charge is 0.141 e. The van der Waals surface area contributed by atoms with Crippen molar-refractivity contribution in [2.75, 3.05) is 13.7 Å². The van der Waals surface area contributed by atoms with E-state index < -0.39 is 5.82 Å².